The van der Waals surface area contributed by atoms with Gasteiger partial charge >= 0.3 is 0 Å². The second-order valence-electron chi connectivity index (χ2n) is 2.79. The second-order valence-corrected chi connectivity index (χ2v) is 2.79. The molecule has 0 aliphatic carbocycles. The molecule has 0 bridgehead atoms. The number of benzene rings is 1. The number of Topliss-reactive ketones (excluding diaryl/α,β-unsaturated/α-hetero) is 1. The summed E-state index contributed by atoms with van der Waals surface area (Å²) in [6.45, 7) is 3.41. The summed E-state index contributed by atoms with van der Waals surface area (Å²) in [6, 6.07) is 9.83. The van der Waals surface area contributed by atoms with E-state index in [1.54, 1.807) is 6.92 Å². The van der Waals surface area contributed by atoms with E-state index < -0.39 is 0 Å². The number of carbonyl (C=O) groups excluding carboxylic acids is 1. The second kappa shape index (κ2) is 3.86. The van der Waals surface area contributed by atoms with Gasteiger partial charge in [0, 0.05) is 0 Å². The average molecular weight is 160 g/mol. The van der Waals surface area contributed by atoms with Gasteiger partial charge in [-0.05, 0) is 31.1 Å². The van der Waals surface area contributed by atoms with Crippen LogP contribution in [0.4, 0.5) is 0 Å². The molecule has 1 nitrogen and oxygen atoms in total. The lowest BCUT2D eigenvalue weighted by Crippen LogP contribution is -1.90. The molecule has 62 valence electrons. The standard InChI is InChI=1S/C11H12O/c1-9(10(2)12)8-11-6-4-3-5-7-11/h3-8H,1-2H3/b9-8-. The largest absolute Gasteiger partial charge is 0.295 e. The minimum absolute atomic E-state index is 0.124. The molecule has 12 heavy (non-hydrogen) atoms. The summed E-state index contributed by atoms with van der Waals surface area (Å²) >= 11 is 0. The van der Waals surface area contributed by atoms with Crippen molar-refractivity contribution in [1.82, 2.24) is 0 Å². The van der Waals surface area contributed by atoms with Crippen molar-refractivity contribution in [2.75, 3.05) is 0 Å². The molecule has 0 heterocycles. The van der Waals surface area contributed by atoms with Crippen molar-refractivity contribution in [3.63, 3.8) is 0 Å². The van der Waals surface area contributed by atoms with Crippen molar-refractivity contribution < 1.29 is 4.79 Å². The first kappa shape index (κ1) is 8.72. The van der Waals surface area contributed by atoms with Gasteiger partial charge in [-0.1, -0.05) is 30.3 Å². The third kappa shape index (κ3) is 2.35. The van der Waals surface area contributed by atoms with Crippen molar-refractivity contribution in [2.45, 2.75) is 13.8 Å². The van der Waals surface area contributed by atoms with Crippen LogP contribution in [0.5, 0.6) is 0 Å². The summed E-state index contributed by atoms with van der Waals surface area (Å²) in [5.41, 5.74) is 1.87. The third-order valence-electron chi connectivity index (χ3n) is 1.74. The summed E-state index contributed by atoms with van der Waals surface area (Å²) in [5, 5.41) is 0. The van der Waals surface area contributed by atoms with Crippen molar-refractivity contribution in [3.05, 3.63) is 41.5 Å². The Bertz CT molecular complexity index is 296. The first-order valence-electron chi connectivity index (χ1n) is 3.94. The fourth-order valence-corrected chi connectivity index (χ4v) is 0.901. The van der Waals surface area contributed by atoms with E-state index in [-0.39, 0.29) is 5.78 Å². The third-order valence-corrected chi connectivity index (χ3v) is 1.74. The predicted molar refractivity (Wildman–Crippen MR) is 50.8 cm³/mol. The lowest BCUT2D eigenvalue weighted by molar-refractivity contribution is -0.113. The Balaban J connectivity index is 2.89. The summed E-state index contributed by atoms with van der Waals surface area (Å²) in [6.07, 6.45) is 1.89. The van der Waals surface area contributed by atoms with E-state index in [2.05, 4.69) is 0 Å². The lowest BCUT2D eigenvalue weighted by atomic mass is 10.1. The summed E-state index contributed by atoms with van der Waals surface area (Å²) in [5.74, 6) is 0.124. The number of ketones is 1. The molecule has 0 amide bonds. The Labute approximate surface area is 72.7 Å². The number of hydrogen-bond acceptors (Lipinski definition) is 1. The van der Waals surface area contributed by atoms with Crippen molar-refractivity contribution in [3.8, 4) is 0 Å². The number of allylic oxidation sites excluding steroid dienone is 1. The van der Waals surface area contributed by atoms with Gasteiger partial charge in [0.25, 0.3) is 0 Å². The lowest BCUT2D eigenvalue weighted by Gasteiger charge is -1.94. The Kier molecular flexibility index (Phi) is 2.81. The molecule has 0 unspecified atom stereocenters. The zero-order valence-electron chi connectivity index (χ0n) is 7.37. The van der Waals surface area contributed by atoms with E-state index >= 15 is 0 Å². The summed E-state index contributed by atoms with van der Waals surface area (Å²) in [7, 11) is 0. The zero-order chi connectivity index (χ0) is 8.97. The van der Waals surface area contributed by atoms with Crippen LogP contribution in [-0.2, 0) is 4.79 Å². The summed E-state index contributed by atoms with van der Waals surface area (Å²) < 4.78 is 0. The van der Waals surface area contributed by atoms with E-state index in [0.29, 0.717) is 0 Å². The number of rotatable bonds is 2. The molecule has 0 aliphatic heterocycles. The van der Waals surface area contributed by atoms with E-state index in [0.717, 1.165) is 11.1 Å². The van der Waals surface area contributed by atoms with E-state index in [9.17, 15) is 4.79 Å². The molecule has 0 spiro atoms. The molecule has 0 fully saturated rings. The first-order valence-corrected chi connectivity index (χ1v) is 3.94. The first-order chi connectivity index (χ1) is 5.70. The van der Waals surface area contributed by atoms with Gasteiger partial charge in [0.05, 0.1) is 0 Å². The Morgan fingerprint density at radius 3 is 2.25 bits per heavy atom. The minimum atomic E-state index is 0.124. The van der Waals surface area contributed by atoms with Gasteiger partial charge in [0.15, 0.2) is 5.78 Å². The zero-order valence-corrected chi connectivity index (χ0v) is 7.37. The smallest absolute Gasteiger partial charge is 0.155 e. The Morgan fingerprint density at radius 2 is 1.75 bits per heavy atom. The maximum atomic E-state index is 10.9. The maximum absolute atomic E-state index is 10.9. The molecular formula is C11H12O. The van der Waals surface area contributed by atoms with Crippen LogP contribution in [0, 0.1) is 0 Å². The topological polar surface area (TPSA) is 17.1 Å². The molecule has 1 aromatic carbocycles. The maximum Gasteiger partial charge on any atom is 0.155 e. The van der Waals surface area contributed by atoms with E-state index in [1.807, 2.05) is 43.3 Å². The van der Waals surface area contributed by atoms with Crippen LogP contribution >= 0.6 is 0 Å². The SMILES string of the molecule is CC(=O)/C(C)=C\c1ccccc1. The monoisotopic (exact) mass is 160 g/mol. The fraction of sp³-hybridized carbons (Fsp3) is 0.182. The Hall–Kier alpha value is -1.37. The van der Waals surface area contributed by atoms with Gasteiger partial charge < -0.3 is 0 Å². The van der Waals surface area contributed by atoms with Gasteiger partial charge in [0.1, 0.15) is 0 Å². The molecule has 0 N–H and O–H groups in total. The van der Waals surface area contributed by atoms with Crippen LogP contribution in [0.25, 0.3) is 6.08 Å². The average Bonchev–Trinajstić information content (AvgIpc) is 2.06. The normalized spacial score (nSPS) is 11.3. The Morgan fingerprint density at radius 1 is 1.17 bits per heavy atom. The molecule has 0 radical (unpaired) electrons. The van der Waals surface area contributed by atoms with Crippen LogP contribution < -0.4 is 0 Å². The van der Waals surface area contributed by atoms with Crippen molar-refractivity contribution in [1.29, 1.82) is 0 Å². The fourth-order valence-electron chi connectivity index (χ4n) is 0.901. The van der Waals surface area contributed by atoms with Gasteiger partial charge in [-0.25, -0.2) is 0 Å². The van der Waals surface area contributed by atoms with Crippen LogP contribution in [0.1, 0.15) is 19.4 Å². The highest BCUT2D eigenvalue weighted by molar-refractivity contribution is 5.97. The van der Waals surface area contributed by atoms with Crippen LogP contribution in [0.15, 0.2) is 35.9 Å². The quantitative estimate of drug-likeness (QED) is 0.608. The molecule has 1 aromatic rings. The van der Waals surface area contributed by atoms with E-state index in [1.165, 1.54) is 0 Å². The highest BCUT2D eigenvalue weighted by Crippen LogP contribution is 2.06. The molecule has 0 saturated carbocycles. The molecule has 1 heteroatoms. The van der Waals surface area contributed by atoms with Crippen LogP contribution in [-0.4, -0.2) is 5.78 Å². The van der Waals surface area contributed by atoms with Crippen molar-refractivity contribution in [2.24, 2.45) is 0 Å². The highest BCUT2D eigenvalue weighted by atomic mass is 16.1. The highest BCUT2D eigenvalue weighted by Gasteiger charge is 1.94. The predicted octanol–water partition coefficient (Wildman–Crippen LogP) is 2.68. The molecule has 0 aliphatic rings. The molecule has 1 rings (SSSR count). The van der Waals surface area contributed by atoms with Crippen molar-refractivity contribution >= 4 is 11.9 Å². The number of carbonyl (C=O) groups is 1. The molecule has 0 atom stereocenters. The van der Waals surface area contributed by atoms with Gasteiger partial charge in [0.2, 0.25) is 0 Å². The van der Waals surface area contributed by atoms with Crippen LogP contribution in [0.2, 0.25) is 0 Å². The van der Waals surface area contributed by atoms with Gasteiger partial charge in [-0.2, -0.15) is 0 Å². The summed E-state index contributed by atoms with van der Waals surface area (Å²) in [4.78, 5) is 10.9. The van der Waals surface area contributed by atoms with Gasteiger partial charge in [-0.3, -0.25) is 4.79 Å². The molecule has 0 saturated heterocycles. The van der Waals surface area contributed by atoms with E-state index in [4.69, 9.17) is 0 Å². The number of hydrogen-bond donors (Lipinski definition) is 0. The molecule has 0 aromatic heterocycles. The minimum Gasteiger partial charge on any atom is -0.295 e. The molecular weight excluding hydrogens is 148 g/mol. The van der Waals surface area contributed by atoms with Gasteiger partial charge in [-0.15, -0.1) is 0 Å². The van der Waals surface area contributed by atoms with Crippen LogP contribution in [0.3, 0.4) is 0 Å².